The van der Waals surface area contributed by atoms with Crippen LogP contribution in [0, 0.1) is 0 Å². The number of carbonyl (C=O) groups excluding carboxylic acids is 1. The second-order valence-corrected chi connectivity index (χ2v) is 4.75. The summed E-state index contributed by atoms with van der Waals surface area (Å²) in [5, 5.41) is 3.04. The lowest BCUT2D eigenvalue weighted by Gasteiger charge is -2.15. The van der Waals surface area contributed by atoms with Crippen LogP contribution >= 0.6 is 11.6 Å². The van der Waals surface area contributed by atoms with Gasteiger partial charge in [0.05, 0.1) is 23.8 Å². The normalized spacial score (nSPS) is 18.8. The van der Waals surface area contributed by atoms with Crippen molar-refractivity contribution in [2.45, 2.75) is 12.3 Å². The van der Waals surface area contributed by atoms with Crippen molar-refractivity contribution in [2.24, 2.45) is 0 Å². The molecule has 1 aromatic rings. The van der Waals surface area contributed by atoms with E-state index in [0.717, 1.165) is 0 Å². The van der Waals surface area contributed by atoms with Crippen molar-refractivity contribution in [3.8, 4) is 0 Å². The molecule has 1 N–H and O–H groups in total. The molecule has 0 spiro atoms. The molecular formula is C12H13ClF2N2O. The van der Waals surface area contributed by atoms with Gasteiger partial charge < -0.3 is 5.32 Å². The number of para-hydroxylation sites is 1. The molecule has 98 valence electrons. The third-order valence-electron chi connectivity index (χ3n) is 2.76. The van der Waals surface area contributed by atoms with Crippen LogP contribution in [0.1, 0.15) is 6.42 Å². The molecule has 0 atom stereocenters. The fourth-order valence-corrected chi connectivity index (χ4v) is 2.08. The lowest BCUT2D eigenvalue weighted by atomic mass is 10.3. The van der Waals surface area contributed by atoms with Crippen LogP contribution in [-0.2, 0) is 4.79 Å². The number of benzene rings is 1. The Morgan fingerprint density at radius 3 is 2.78 bits per heavy atom. The Hall–Kier alpha value is -1.20. The number of hydrogen-bond donors (Lipinski definition) is 1. The van der Waals surface area contributed by atoms with Crippen LogP contribution in [0.5, 0.6) is 0 Å². The molecule has 0 aromatic heterocycles. The zero-order valence-corrected chi connectivity index (χ0v) is 10.4. The van der Waals surface area contributed by atoms with Crippen LogP contribution in [0.4, 0.5) is 14.5 Å². The molecule has 0 unspecified atom stereocenters. The fourth-order valence-electron chi connectivity index (χ4n) is 1.90. The molecule has 1 aromatic carbocycles. The summed E-state index contributed by atoms with van der Waals surface area (Å²) >= 11 is 5.88. The van der Waals surface area contributed by atoms with Crippen LogP contribution in [0.2, 0.25) is 5.02 Å². The molecule has 3 nitrogen and oxygen atoms in total. The highest BCUT2D eigenvalue weighted by Gasteiger charge is 2.38. The molecule has 0 bridgehead atoms. The number of nitrogens with one attached hydrogen (secondary N) is 1. The number of anilines is 1. The molecule has 0 saturated carbocycles. The van der Waals surface area contributed by atoms with Gasteiger partial charge in [-0.2, -0.15) is 0 Å². The molecule has 18 heavy (non-hydrogen) atoms. The third-order valence-corrected chi connectivity index (χ3v) is 3.09. The van der Waals surface area contributed by atoms with Crippen molar-refractivity contribution < 1.29 is 13.6 Å². The molecule has 0 radical (unpaired) electrons. The van der Waals surface area contributed by atoms with E-state index in [2.05, 4.69) is 5.32 Å². The van der Waals surface area contributed by atoms with Crippen molar-refractivity contribution in [1.82, 2.24) is 4.90 Å². The maximum absolute atomic E-state index is 12.9. The van der Waals surface area contributed by atoms with E-state index in [-0.39, 0.29) is 32.0 Å². The number of carbonyl (C=O) groups is 1. The van der Waals surface area contributed by atoms with E-state index in [9.17, 15) is 13.6 Å². The van der Waals surface area contributed by atoms with Crippen LogP contribution in [0.25, 0.3) is 0 Å². The predicted molar refractivity (Wildman–Crippen MR) is 66.1 cm³/mol. The second kappa shape index (κ2) is 5.20. The Morgan fingerprint density at radius 2 is 2.17 bits per heavy atom. The van der Waals surface area contributed by atoms with E-state index in [1.165, 1.54) is 4.90 Å². The van der Waals surface area contributed by atoms with Gasteiger partial charge in [-0.3, -0.25) is 9.69 Å². The Labute approximate surface area is 109 Å². The predicted octanol–water partition coefficient (Wildman–Crippen LogP) is 2.62. The molecule has 0 aliphatic carbocycles. The van der Waals surface area contributed by atoms with Crippen molar-refractivity contribution in [3.63, 3.8) is 0 Å². The molecule has 1 fully saturated rings. The molecule has 6 heteroatoms. The Balaban J connectivity index is 1.88. The van der Waals surface area contributed by atoms with Gasteiger partial charge in [0, 0.05) is 13.0 Å². The highest BCUT2D eigenvalue weighted by molar-refractivity contribution is 6.33. The molecule has 1 heterocycles. The summed E-state index contributed by atoms with van der Waals surface area (Å²) in [6.07, 6.45) is -0.188. The first kappa shape index (κ1) is 13.2. The summed E-state index contributed by atoms with van der Waals surface area (Å²) < 4.78 is 25.9. The van der Waals surface area contributed by atoms with Crippen molar-refractivity contribution >= 4 is 23.2 Å². The van der Waals surface area contributed by atoms with E-state index < -0.39 is 5.92 Å². The average Bonchev–Trinajstić information content (AvgIpc) is 2.61. The molecule has 2 rings (SSSR count). The van der Waals surface area contributed by atoms with Crippen molar-refractivity contribution in [2.75, 3.05) is 25.0 Å². The van der Waals surface area contributed by atoms with Gasteiger partial charge in [0.2, 0.25) is 5.91 Å². The minimum absolute atomic E-state index is 0.0409. The van der Waals surface area contributed by atoms with Crippen molar-refractivity contribution in [3.05, 3.63) is 29.3 Å². The Bertz CT molecular complexity index is 453. The summed E-state index contributed by atoms with van der Waals surface area (Å²) in [5.41, 5.74) is 0.495. The van der Waals surface area contributed by atoms with Crippen LogP contribution in [0.3, 0.4) is 0 Å². The van der Waals surface area contributed by atoms with E-state index in [4.69, 9.17) is 11.6 Å². The summed E-state index contributed by atoms with van der Waals surface area (Å²) in [5.74, 6) is -3.01. The zero-order chi connectivity index (χ0) is 13.2. The van der Waals surface area contributed by atoms with Gasteiger partial charge in [-0.05, 0) is 12.1 Å². The van der Waals surface area contributed by atoms with Gasteiger partial charge in [-0.15, -0.1) is 0 Å². The van der Waals surface area contributed by atoms with Crippen LogP contribution in [-0.4, -0.2) is 36.4 Å². The van der Waals surface area contributed by atoms with Gasteiger partial charge >= 0.3 is 0 Å². The molecule has 1 amide bonds. The Kier molecular flexibility index (Phi) is 3.82. The van der Waals surface area contributed by atoms with Gasteiger partial charge in [0.1, 0.15) is 0 Å². The minimum Gasteiger partial charge on any atom is -0.324 e. The topological polar surface area (TPSA) is 32.3 Å². The largest absolute Gasteiger partial charge is 0.324 e. The number of likely N-dealkylation sites (tertiary alicyclic amines) is 1. The third kappa shape index (κ3) is 3.40. The number of halogens is 3. The SMILES string of the molecule is O=C(CN1CCC(F)(F)C1)Nc1ccccc1Cl. The summed E-state index contributed by atoms with van der Waals surface area (Å²) in [7, 11) is 0. The minimum atomic E-state index is -2.68. The summed E-state index contributed by atoms with van der Waals surface area (Å²) in [4.78, 5) is 13.1. The standard InChI is InChI=1S/C12H13ClF2N2O/c13-9-3-1-2-4-10(9)16-11(18)7-17-6-5-12(14,15)8-17/h1-4H,5-8H2,(H,16,18). The maximum atomic E-state index is 12.9. The highest BCUT2D eigenvalue weighted by Crippen LogP contribution is 2.26. The Morgan fingerprint density at radius 1 is 1.44 bits per heavy atom. The highest BCUT2D eigenvalue weighted by atomic mass is 35.5. The van der Waals surface area contributed by atoms with Crippen molar-refractivity contribution in [1.29, 1.82) is 0 Å². The van der Waals surface area contributed by atoms with E-state index in [1.54, 1.807) is 24.3 Å². The molecular weight excluding hydrogens is 262 g/mol. The van der Waals surface area contributed by atoms with E-state index in [1.807, 2.05) is 0 Å². The summed E-state index contributed by atoms with van der Waals surface area (Å²) in [6.45, 7) is -0.160. The van der Waals surface area contributed by atoms with Gasteiger partial charge in [0.15, 0.2) is 0 Å². The number of alkyl halides is 2. The second-order valence-electron chi connectivity index (χ2n) is 4.34. The van der Waals surface area contributed by atoms with Gasteiger partial charge in [0.25, 0.3) is 5.92 Å². The van der Waals surface area contributed by atoms with E-state index >= 15 is 0 Å². The molecule has 1 aliphatic heterocycles. The quantitative estimate of drug-likeness (QED) is 0.919. The first-order valence-corrected chi connectivity index (χ1v) is 5.99. The smallest absolute Gasteiger partial charge is 0.261 e. The number of amides is 1. The first-order valence-electron chi connectivity index (χ1n) is 5.61. The van der Waals surface area contributed by atoms with E-state index in [0.29, 0.717) is 10.7 Å². The molecule has 1 aliphatic rings. The monoisotopic (exact) mass is 274 g/mol. The zero-order valence-electron chi connectivity index (χ0n) is 9.63. The molecule has 1 saturated heterocycles. The number of hydrogen-bond acceptors (Lipinski definition) is 2. The number of rotatable bonds is 3. The van der Waals surface area contributed by atoms with Gasteiger partial charge in [-0.1, -0.05) is 23.7 Å². The first-order chi connectivity index (χ1) is 8.46. The lowest BCUT2D eigenvalue weighted by molar-refractivity contribution is -0.117. The van der Waals surface area contributed by atoms with Crippen LogP contribution in [0.15, 0.2) is 24.3 Å². The lowest BCUT2D eigenvalue weighted by Crippen LogP contribution is -2.33. The fraction of sp³-hybridized carbons (Fsp3) is 0.417. The van der Waals surface area contributed by atoms with Crippen LogP contribution < -0.4 is 5.32 Å². The summed E-state index contributed by atoms with van der Waals surface area (Å²) in [6, 6.07) is 6.81. The average molecular weight is 275 g/mol. The maximum Gasteiger partial charge on any atom is 0.261 e. The number of nitrogens with zero attached hydrogens (tertiary/aromatic N) is 1. The van der Waals surface area contributed by atoms with Gasteiger partial charge in [-0.25, -0.2) is 8.78 Å².